The first-order chi connectivity index (χ1) is 17.1. The highest BCUT2D eigenvalue weighted by Crippen LogP contribution is 2.34. The second-order valence-electron chi connectivity index (χ2n) is 9.13. The molecule has 180 valence electrons. The van der Waals surface area contributed by atoms with Crippen LogP contribution in [0.2, 0.25) is 0 Å². The van der Waals surface area contributed by atoms with Crippen LogP contribution in [0.15, 0.2) is 65.4 Å². The SMILES string of the molecule is C[C@@H](CCc1ccccc1)NC(=O)[C@H]1CCCN(c2ncnc3onc(-c4ccc(F)cc4)c23)C1. The van der Waals surface area contributed by atoms with Crippen molar-refractivity contribution in [2.75, 3.05) is 18.0 Å². The van der Waals surface area contributed by atoms with Gasteiger partial charge in [-0.05, 0) is 62.4 Å². The summed E-state index contributed by atoms with van der Waals surface area (Å²) in [5.74, 6) is 0.304. The van der Waals surface area contributed by atoms with Crippen molar-refractivity contribution in [1.82, 2.24) is 20.4 Å². The number of hydrogen-bond donors (Lipinski definition) is 1. The van der Waals surface area contributed by atoms with Crippen LogP contribution >= 0.6 is 0 Å². The lowest BCUT2D eigenvalue weighted by atomic mass is 9.96. The molecule has 5 rings (SSSR count). The smallest absolute Gasteiger partial charge is 0.263 e. The van der Waals surface area contributed by atoms with Crippen LogP contribution in [0.3, 0.4) is 0 Å². The Kier molecular flexibility index (Phi) is 6.70. The van der Waals surface area contributed by atoms with E-state index in [2.05, 4.69) is 44.4 Å². The van der Waals surface area contributed by atoms with Gasteiger partial charge in [0.25, 0.3) is 5.71 Å². The van der Waals surface area contributed by atoms with E-state index < -0.39 is 0 Å². The predicted molar refractivity (Wildman–Crippen MR) is 132 cm³/mol. The molecule has 4 aromatic rings. The molecule has 1 aliphatic heterocycles. The molecule has 2 atom stereocenters. The Labute approximate surface area is 203 Å². The molecular formula is C27H28FN5O2. The number of hydrogen-bond acceptors (Lipinski definition) is 6. The average molecular weight is 474 g/mol. The number of carbonyl (C=O) groups is 1. The van der Waals surface area contributed by atoms with Crippen molar-refractivity contribution in [2.24, 2.45) is 5.92 Å². The minimum absolute atomic E-state index is 0.0737. The van der Waals surface area contributed by atoms with E-state index in [1.807, 2.05) is 18.2 Å². The number of nitrogens with zero attached hydrogens (tertiary/aromatic N) is 4. The van der Waals surface area contributed by atoms with Crippen LogP contribution in [0.25, 0.3) is 22.4 Å². The molecule has 0 unspecified atom stereocenters. The number of anilines is 1. The number of carbonyl (C=O) groups excluding carboxylic acids is 1. The molecule has 0 bridgehead atoms. The lowest BCUT2D eigenvalue weighted by molar-refractivity contribution is -0.125. The summed E-state index contributed by atoms with van der Waals surface area (Å²) in [5, 5.41) is 8.06. The molecule has 3 heterocycles. The van der Waals surface area contributed by atoms with Gasteiger partial charge in [0.1, 0.15) is 29.0 Å². The van der Waals surface area contributed by atoms with Gasteiger partial charge < -0.3 is 14.7 Å². The molecule has 1 aliphatic rings. The number of benzene rings is 2. The maximum atomic E-state index is 13.4. The molecule has 1 amide bonds. The standard InChI is InChI=1S/C27H28FN5O2/c1-18(9-10-19-6-3-2-4-7-19)31-26(34)21-8-5-15-33(16-21)25-23-24(20-11-13-22(28)14-12-20)32-35-27(23)30-17-29-25/h2-4,6-7,11-14,17-18,21H,5,8-10,15-16H2,1H3,(H,31,34)/t18-,21-/m0/s1. The van der Waals surface area contributed by atoms with E-state index in [0.29, 0.717) is 29.2 Å². The third-order valence-corrected chi connectivity index (χ3v) is 6.56. The zero-order valence-electron chi connectivity index (χ0n) is 19.7. The van der Waals surface area contributed by atoms with Crippen LogP contribution in [0.4, 0.5) is 10.2 Å². The molecule has 2 aromatic carbocycles. The van der Waals surface area contributed by atoms with Crippen LogP contribution in [0, 0.1) is 11.7 Å². The van der Waals surface area contributed by atoms with Crippen molar-refractivity contribution < 1.29 is 13.7 Å². The largest absolute Gasteiger partial charge is 0.355 e. The van der Waals surface area contributed by atoms with Gasteiger partial charge in [0.2, 0.25) is 5.91 Å². The van der Waals surface area contributed by atoms with E-state index in [0.717, 1.165) is 37.8 Å². The highest BCUT2D eigenvalue weighted by Gasteiger charge is 2.29. The van der Waals surface area contributed by atoms with Gasteiger partial charge in [-0.15, -0.1) is 0 Å². The van der Waals surface area contributed by atoms with Gasteiger partial charge in [0.15, 0.2) is 0 Å². The van der Waals surface area contributed by atoms with Gasteiger partial charge in [-0.25, -0.2) is 9.37 Å². The predicted octanol–water partition coefficient (Wildman–Crippen LogP) is 4.78. The third kappa shape index (κ3) is 5.16. The van der Waals surface area contributed by atoms with Crippen LogP contribution in [0.5, 0.6) is 0 Å². The summed E-state index contributed by atoms with van der Waals surface area (Å²) in [6, 6.07) is 16.5. The second kappa shape index (κ2) is 10.2. The summed E-state index contributed by atoms with van der Waals surface area (Å²) in [7, 11) is 0. The summed E-state index contributed by atoms with van der Waals surface area (Å²) >= 11 is 0. The second-order valence-corrected chi connectivity index (χ2v) is 9.13. The van der Waals surface area contributed by atoms with Crippen molar-refractivity contribution in [2.45, 2.75) is 38.6 Å². The fourth-order valence-electron chi connectivity index (χ4n) is 4.66. The van der Waals surface area contributed by atoms with E-state index in [4.69, 9.17) is 4.52 Å². The topological polar surface area (TPSA) is 84.2 Å². The lowest BCUT2D eigenvalue weighted by Gasteiger charge is -2.33. The Morgan fingerprint density at radius 3 is 2.77 bits per heavy atom. The number of aryl methyl sites for hydroxylation is 1. The average Bonchev–Trinajstić information content (AvgIpc) is 3.33. The molecule has 0 radical (unpaired) electrons. The zero-order chi connectivity index (χ0) is 24.2. The third-order valence-electron chi connectivity index (χ3n) is 6.56. The molecular weight excluding hydrogens is 445 g/mol. The van der Waals surface area contributed by atoms with Crippen LogP contribution < -0.4 is 10.2 Å². The molecule has 1 N–H and O–H groups in total. The Bertz CT molecular complexity index is 1290. The lowest BCUT2D eigenvalue weighted by Crippen LogP contribution is -2.45. The van der Waals surface area contributed by atoms with Gasteiger partial charge in [-0.1, -0.05) is 35.5 Å². The van der Waals surface area contributed by atoms with Crippen molar-refractivity contribution in [3.8, 4) is 11.3 Å². The van der Waals surface area contributed by atoms with Crippen molar-refractivity contribution in [1.29, 1.82) is 0 Å². The molecule has 1 fully saturated rings. The fraction of sp³-hybridized carbons (Fsp3) is 0.333. The Morgan fingerprint density at radius 2 is 1.97 bits per heavy atom. The van der Waals surface area contributed by atoms with Gasteiger partial charge in [-0.3, -0.25) is 4.79 Å². The van der Waals surface area contributed by atoms with E-state index in [1.165, 1.54) is 24.0 Å². The summed E-state index contributed by atoms with van der Waals surface area (Å²) < 4.78 is 18.9. The summed E-state index contributed by atoms with van der Waals surface area (Å²) in [4.78, 5) is 24.0. The molecule has 35 heavy (non-hydrogen) atoms. The molecule has 1 saturated heterocycles. The summed E-state index contributed by atoms with van der Waals surface area (Å²) in [5.41, 5.74) is 2.93. The number of piperidine rings is 1. The Hall–Kier alpha value is -3.81. The first kappa shape index (κ1) is 23.0. The number of rotatable bonds is 7. The summed E-state index contributed by atoms with van der Waals surface area (Å²) in [6.45, 7) is 3.38. The number of fused-ring (bicyclic) bond motifs is 1. The molecule has 0 saturated carbocycles. The van der Waals surface area contributed by atoms with Crippen molar-refractivity contribution in [3.05, 3.63) is 72.3 Å². The van der Waals surface area contributed by atoms with Crippen molar-refractivity contribution >= 4 is 22.8 Å². The summed E-state index contributed by atoms with van der Waals surface area (Å²) in [6.07, 6.45) is 4.97. The monoisotopic (exact) mass is 473 g/mol. The van der Waals surface area contributed by atoms with Crippen LogP contribution in [-0.2, 0) is 11.2 Å². The number of halogens is 1. The Balaban J connectivity index is 1.30. The maximum absolute atomic E-state index is 13.4. The molecule has 0 aliphatic carbocycles. The van der Waals surface area contributed by atoms with Crippen molar-refractivity contribution in [3.63, 3.8) is 0 Å². The van der Waals surface area contributed by atoms with Crippen LogP contribution in [-0.4, -0.2) is 40.2 Å². The first-order valence-corrected chi connectivity index (χ1v) is 12.0. The van der Waals surface area contributed by atoms with E-state index in [1.54, 1.807) is 12.1 Å². The molecule has 2 aromatic heterocycles. The maximum Gasteiger partial charge on any atom is 0.263 e. The number of nitrogens with one attached hydrogen (secondary N) is 1. The van der Waals surface area contributed by atoms with E-state index >= 15 is 0 Å². The zero-order valence-corrected chi connectivity index (χ0v) is 19.7. The van der Waals surface area contributed by atoms with Gasteiger partial charge >= 0.3 is 0 Å². The first-order valence-electron chi connectivity index (χ1n) is 12.0. The molecule has 8 heteroatoms. The van der Waals surface area contributed by atoms with Crippen LogP contribution in [0.1, 0.15) is 31.7 Å². The molecule has 0 spiro atoms. The minimum Gasteiger partial charge on any atom is -0.355 e. The normalized spacial score (nSPS) is 16.9. The minimum atomic E-state index is -0.319. The van der Waals surface area contributed by atoms with Gasteiger partial charge in [0, 0.05) is 24.7 Å². The highest BCUT2D eigenvalue weighted by molar-refractivity contribution is 5.98. The molecule has 7 nitrogen and oxygen atoms in total. The van der Waals surface area contributed by atoms with E-state index in [-0.39, 0.29) is 23.7 Å². The highest BCUT2D eigenvalue weighted by atomic mass is 19.1. The van der Waals surface area contributed by atoms with E-state index in [9.17, 15) is 9.18 Å². The van der Waals surface area contributed by atoms with Gasteiger partial charge in [0.05, 0.1) is 5.92 Å². The van der Waals surface area contributed by atoms with Gasteiger partial charge in [-0.2, -0.15) is 4.98 Å². The fourth-order valence-corrected chi connectivity index (χ4v) is 4.66. The Morgan fingerprint density at radius 1 is 1.17 bits per heavy atom. The number of amides is 1. The number of aromatic nitrogens is 3. The quantitative estimate of drug-likeness (QED) is 0.416.